The zero-order valence-corrected chi connectivity index (χ0v) is 23.9. The Morgan fingerprint density at radius 1 is 0.976 bits per heavy atom. The molecule has 0 saturated carbocycles. The number of nitrogens with zero attached hydrogens (tertiary/aromatic N) is 3. The topological polar surface area (TPSA) is 177 Å². The third kappa shape index (κ3) is 9.86. The van der Waals surface area contributed by atoms with Crippen LogP contribution in [0.4, 0.5) is 0 Å². The number of carbonyl (C=O) groups is 5. The van der Waals surface area contributed by atoms with Gasteiger partial charge in [-0.25, -0.2) is 4.68 Å². The molecule has 2 aromatic rings. The van der Waals surface area contributed by atoms with Crippen LogP contribution in [-0.2, 0) is 55.2 Å². The van der Waals surface area contributed by atoms with E-state index in [-0.39, 0.29) is 24.8 Å². The Bertz CT molecular complexity index is 1220. The van der Waals surface area contributed by atoms with Crippen molar-refractivity contribution in [1.29, 1.82) is 0 Å². The fourth-order valence-electron chi connectivity index (χ4n) is 4.13. The molecule has 222 valence electrons. The summed E-state index contributed by atoms with van der Waals surface area (Å²) in [6.45, 7) is 4.50. The first-order valence-corrected chi connectivity index (χ1v) is 13.9. The Kier molecular flexibility index (Phi) is 11.6. The number of esters is 3. The van der Waals surface area contributed by atoms with Gasteiger partial charge in [-0.1, -0.05) is 35.5 Å². The quantitative estimate of drug-likeness (QED) is 0.261. The number of hydrogen-bond acceptors (Lipinski definition) is 12. The molecule has 1 aliphatic rings. The van der Waals surface area contributed by atoms with E-state index in [0.717, 1.165) is 19.4 Å². The van der Waals surface area contributed by atoms with Crippen molar-refractivity contribution in [2.75, 3.05) is 12.4 Å². The summed E-state index contributed by atoms with van der Waals surface area (Å²) in [7, 11) is 0. The van der Waals surface area contributed by atoms with Crippen molar-refractivity contribution >= 4 is 41.5 Å². The summed E-state index contributed by atoms with van der Waals surface area (Å²) in [4.78, 5) is 59.9. The Morgan fingerprint density at radius 3 is 2.29 bits per heavy atom. The zero-order chi connectivity index (χ0) is 29.9. The number of benzene rings is 1. The van der Waals surface area contributed by atoms with Crippen molar-refractivity contribution in [2.45, 2.75) is 70.6 Å². The Hall–Kier alpha value is -3.98. The van der Waals surface area contributed by atoms with E-state index in [1.807, 2.05) is 30.3 Å². The highest BCUT2D eigenvalue weighted by Gasteiger charge is 2.51. The first kappa shape index (κ1) is 31.5. The van der Waals surface area contributed by atoms with Crippen LogP contribution in [0.25, 0.3) is 0 Å². The van der Waals surface area contributed by atoms with E-state index >= 15 is 0 Å². The maximum Gasteiger partial charge on any atom is 0.303 e. The number of amides is 2. The second kappa shape index (κ2) is 15.1. The van der Waals surface area contributed by atoms with Crippen molar-refractivity contribution in [1.82, 2.24) is 25.6 Å². The fraction of sp³-hybridized carbons (Fsp3) is 0.500. The summed E-state index contributed by atoms with van der Waals surface area (Å²) in [6, 6.07) is 8.71. The van der Waals surface area contributed by atoms with E-state index < -0.39 is 54.4 Å². The predicted molar refractivity (Wildman–Crippen MR) is 144 cm³/mol. The van der Waals surface area contributed by atoms with E-state index in [4.69, 9.17) is 18.9 Å². The highest BCUT2D eigenvalue weighted by molar-refractivity contribution is 7.99. The summed E-state index contributed by atoms with van der Waals surface area (Å²) in [5, 5.41) is 13.6. The summed E-state index contributed by atoms with van der Waals surface area (Å²) >= 11 is 1.47. The molecule has 15 heteroatoms. The number of thioether (sulfide) groups is 1. The van der Waals surface area contributed by atoms with E-state index in [0.29, 0.717) is 11.4 Å². The van der Waals surface area contributed by atoms with Crippen molar-refractivity contribution < 1.29 is 42.9 Å². The van der Waals surface area contributed by atoms with Gasteiger partial charge < -0.3 is 29.6 Å². The molecule has 0 bridgehead atoms. The number of rotatable bonds is 12. The van der Waals surface area contributed by atoms with Crippen LogP contribution < -0.4 is 10.6 Å². The van der Waals surface area contributed by atoms with Gasteiger partial charge >= 0.3 is 17.9 Å². The summed E-state index contributed by atoms with van der Waals surface area (Å²) in [5.41, 5.74) is 1.50. The Labute approximate surface area is 240 Å². The zero-order valence-electron chi connectivity index (χ0n) is 23.1. The lowest BCUT2D eigenvalue weighted by Gasteiger charge is -2.45. The van der Waals surface area contributed by atoms with Gasteiger partial charge in [0.05, 0.1) is 18.5 Å². The van der Waals surface area contributed by atoms with E-state index in [9.17, 15) is 24.0 Å². The summed E-state index contributed by atoms with van der Waals surface area (Å²) in [6.07, 6.45) is -3.16. The lowest BCUT2D eigenvalue weighted by Crippen LogP contribution is -2.64. The molecule has 1 aromatic heterocycles. The van der Waals surface area contributed by atoms with Crippen molar-refractivity contribution in [3.8, 4) is 0 Å². The molecule has 0 radical (unpaired) electrons. The average molecular weight is 592 g/mol. The van der Waals surface area contributed by atoms with Crippen LogP contribution in [0.1, 0.15) is 45.2 Å². The smallest absolute Gasteiger partial charge is 0.303 e. The highest BCUT2D eigenvalue weighted by Crippen LogP contribution is 2.32. The van der Waals surface area contributed by atoms with Gasteiger partial charge in [-0.2, -0.15) is 0 Å². The second-order valence-corrected chi connectivity index (χ2v) is 10.2. The maximum absolute atomic E-state index is 12.3. The average Bonchev–Trinajstić information content (AvgIpc) is 3.37. The summed E-state index contributed by atoms with van der Waals surface area (Å²) in [5.74, 6) is -1.75. The molecular formula is C26H33N5O9S. The van der Waals surface area contributed by atoms with Crippen molar-refractivity contribution in [3.05, 3.63) is 47.8 Å². The molecule has 2 unspecified atom stereocenters. The van der Waals surface area contributed by atoms with Gasteiger partial charge in [0.15, 0.2) is 18.4 Å². The molecule has 2 N–H and O–H groups in total. The van der Waals surface area contributed by atoms with Gasteiger partial charge in [-0.05, 0) is 5.56 Å². The highest BCUT2D eigenvalue weighted by atomic mass is 32.2. The lowest BCUT2D eigenvalue weighted by atomic mass is 9.95. The van der Waals surface area contributed by atoms with E-state index in [1.165, 1.54) is 36.5 Å². The molecule has 3 rings (SSSR count). The van der Waals surface area contributed by atoms with Crippen LogP contribution in [-0.4, -0.2) is 81.4 Å². The van der Waals surface area contributed by atoms with Crippen LogP contribution >= 0.6 is 11.8 Å². The Morgan fingerprint density at radius 2 is 1.66 bits per heavy atom. The minimum Gasteiger partial charge on any atom is -0.463 e. The van der Waals surface area contributed by atoms with Crippen molar-refractivity contribution in [3.63, 3.8) is 0 Å². The minimum atomic E-state index is -1.23. The monoisotopic (exact) mass is 591 g/mol. The van der Waals surface area contributed by atoms with Gasteiger partial charge in [0.2, 0.25) is 11.8 Å². The third-order valence-electron chi connectivity index (χ3n) is 5.72. The van der Waals surface area contributed by atoms with Crippen LogP contribution in [0.15, 0.2) is 36.5 Å². The normalized spacial score (nSPS) is 21.8. The second-order valence-electron chi connectivity index (χ2n) is 9.19. The molecule has 1 aliphatic heterocycles. The van der Waals surface area contributed by atoms with E-state index in [1.54, 1.807) is 0 Å². The predicted octanol–water partition coefficient (Wildman–Crippen LogP) is 0.656. The molecule has 5 atom stereocenters. The third-order valence-corrected chi connectivity index (χ3v) is 6.72. The largest absolute Gasteiger partial charge is 0.463 e. The number of hydrogen-bond donors (Lipinski definition) is 2. The number of ether oxygens (including phenoxy) is 4. The summed E-state index contributed by atoms with van der Waals surface area (Å²) < 4.78 is 23.4. The van der Waals surface area contributed by atoms with Gasteiger partial charge in [-0.3, -0.25) is 24.0 Å². The van der Waals surface area contributed by atoms with Crippen LogP contribution in [0.3, 0.4) is 0 Å². The fourth-order valence-corrected chi connectivity index (χ4v) is 4.95. The number of carbonyl (C=O) groups excluding carboxylic acids is 5. The molecular weight excluding hydrogens is 558 g/mol. The Balaban J connectivity index is 1.75. The molecule has 2 heterocycles. The van der Waals surface area contributed by atoms with Gasteiger partial charge in [-0.15, -0.1) is 16.9 Å². The van der Waals surface area contributed by atoms with Crippen LogP contribution in [0.2, 0.25) is 0 Å². The van der Waals surface area contributed by atoms with Gasteiger partial charge in [0.1, 0.15) is 24.4 Å². The molecule has 1 aromatic carbocycles. The lowest BCUT2D eigenvalue weighted by molar-refractivity contribution is -0.239. The first-order valence-electron chi connectivity index (χ1n) is 12.7. The SMILES string of the molecule is CC(=O)NC1[C@@H](OC(C)=O)[C@H](OC(C)=O)C(COC(C)=O)O[C@H]1n1cc(CNC(=O)CSCc2ccccc2)nn1. The first-order chi connectivity index (χ1) is 19.5. The van der Waals surface area contributed by atoms with Crippen LogP contribution in [0, 0.1) is 0 Å². The van der Waals surface area contributed by atoms with Gasteiger partial charge in [0, 0.05) is 33.4 Å². The molecule has 0 aliphatic carbocycles. The maximum atomic E-state index is 12.3. The number of aromatic nitrogens is 3. The standard InChI is InChI=1S/C26H33N5O9S/c1-15(32)28-23-25(39-18(4)35)24(38-17(3)34)21(12-37-16(2)33)40-26(23)31-11-20(29-30-31)10-27-22(36)14-41-13-19-8-6-5-7-9-19/h5-9,11,21,23-26H,10,12-14H2,1-4H3,(H,27,36)(H,28,32)/t21?,23?,24-,25-,26-/m1/s1. The molecule has 14 nitrogen and oxygen atoms in total. The minimum absolute atomic E-state index is 0.0720. The molecule has 2 amide bonds. The molecule has 1 fully saturated rings. The van der Waals surface area contributed by atoms with Crippen molar-refractivity contribution in [2.24, 2.45) is 0 Å². The molecule has 0 spiro atoms. The molecule has 41 heavy (non-hydrogen) atoms. The van der Waals surface area contributed by atoms with Gasteiger partial charge in [0.25, 0.3) is 0 Å². The molecule has 1 saturated heterocycles. The van der Waals surface area contributed by atoms with E-state index in [2.05, 4.69) is 20.9 Å². The van der Waals surface area contributed by atoms with Crippen LogP contribution in [0.5, 0.6) is 0 Å². The number of nitrogens with one attached hydrogen (secondary N) is 2.